The fraction of sp³-hybridized carbons (Fsp3) is 0.190. The molecule has 0 spiro atoms. The van der Waals surface area contributed by atoms with Gasteiger partial charge in [-0.1, -0.05) is 53.1 Å². The van der Waals surface area contributed by atoms with Crippen LogP contribution in [0.15, 0.2) is 54.4 Å². The Morgan fingerprint density at radius 1 is 1.14 bits per heavy atom. The zero-order chi connectivity index (χ0) is 19.7. The Kier molecular flexibility index (Phi) is 5.20. The first kappa shape index (κ1) is 18.7. The number of rotatable bonds is 4. The summed E-state index contributed by atoms with van der Waals surface area (Å²) in [5, 5.41) is 10.9. The zero-order valence-corrected chi connectivity index (χ0v) is 16.4. The predicted molar refractivity (Wildman–Crippen MR) is 112 cm³/mol. The van der Waals surface area contributed by atoms with Crippen LogP contribution < -0.4 is 4.90 Å². The van der Waals surface area contributed by atoms with Gasteiger partial charge in [-0.25, -0.2) is 9.97 Å². The van der Waals surface area contributed by atoms with E-state index in [1.165, 1.54) is 0 Å². The molecule has 0 saturated carbocycles. The molecule has 3 aromatic rings. The second-order valence-electron chi connectivity index (χ2n) is 6.65. The minimum Gasteiger partial charge on any atom is -0.481 e. The van der Waals surface area contributed by atoms with Crippen molar-refractivity contribution in [3.63, 3.8) is 0 Å². The Labute approximate surface area is 172 Å². The number of fused-ring (bicyclic) bond motifs is 1. The van der Waals surface area contributed by atoms with E-state index in [0.29, 0.717) is 29.6 Å². The van der Waals surface area contributed by atoms with Gasteiger partial charge in [0.05, 0.1) is 27.4 Å². The molecule has 2 heterocycles. The molecule has 0 fully saturated rings. The van der Waals surface area contributed by atoms with Crippen LogP contribution in [0.4, 0.5) is 5.82 Å². The summed E-state index contributed by atoms with van der Waals surface area (Å²) < 4.78 is 0. The number of carboxylic acid groups (broad SMARTS) is 1. The molecular weight excluding hydrogens is 397 g/mol. The standard InChI is InChI=1S/C21H17Cl2N3O2/c22-16-5-4-14(11-17(16)23)15-2-1-3-18-20(15)21(25-12-24-18)26-8-6-13(7-9-26)10-19(27)28/h1-6,11-12H,7-10H2,(H,27,28). The third kappa shape index (κ3) is 3.68. The van der Waals surface area contributed by atoms with Crippen molar-refractivity contribution in [3.05, 3.63) is 64.4 Å². The van der Waals surface area contributed by atoms with Gasteiger partial charge in [-0.3, -0.25) is 4.79 Å². The summed E-state index contributed by atoms with van der Waals surface area (Å²) in [6.45, 7) is 1.32. The molecule has 7 heteroatoms. The third-order valence-electron chi connectivity index (χ3n) is 4.85. The summed E-state index contributed by atoms with van der Waals surface area (Å²) >= 11 is 12.3. The largest absolute Gasteiger partial charge is 0.481 e. The second kappa shape index (κ2) is 7.78. The number of hydrogen-bond donors (Lipinski definition) is 1. The summed E-state index contributed by atoms with van der Waals surface area (Å²) in [6, 6.07) is 11.5. The number of halogens is 2. The maximum absolute atomic E-state index is 11.0. The van der Waals surface area contributed by atoms with Gasteiger partial charge >= 0.3 is 5.97 Å². The summed E-state index contributed by atoms with van der Waals surface area (Å²) in [5.41, 5.74) is 3.71. The fourth-order valence-corrected chi connectivity index (χ4v) is 3.79. The number of hydrogen-bond acceptors (Lipinski definition) is 4. The van der Waals surface area contributed by atoms with Crippen molar-refractivity contribution in [1.29, 1.82) is 0 Å². The molecule has 1 aromatic heterocycles. The number of aliphatic carboxylic acids is 1. The maximum Gasteiger partial charge on any atom is 0.307 e. The van der Waals surface area contributed by atoms with Crippen LogP contribution in [0.25, 0.3) is 22.0 Å². The lowest BCUT2D eigenvalue weighted by molar-refractivity contribution is -0.136. The Morgan fingerprint density at radius 3 is 2.71 bits per heavy atom. The molecule has 0 radical (unpaired) electrons. The van der Waals surface area contributed by atoms with E-state index < -0.39 is 5.97 Å². The quantitative estimate of drug-likeness (QED) is 0.594. The highest BCUT2D eigenvalue weighted by Crippen LogP contribution is 2.36. The first-order valence-corrected chi connectivity index (χ1v) is 9.62. The van der Waals surface area contributed by atoms with Crippen LogP contribution in [0.2, 0.25) is 10.0 Å². The number of anilines is 1. The lowest BCUT2D eigenvalue weighted by Crippen LogP contribution is -2.30. The van der Waals surface area contributed by atoms with Crippen LogP contribution >= 0.6 is 23.2 Å². The van der Waals surface area contributed by atoms with E-state index in [2.05, 4.69) is 14.9 Å². The van der Waals surface area contributed by atoms with Crippen molar-refractivity contribution in [1.82, 2.24) is 9.97 Å². The topological polar surface area (TPSA) is 66.3 Å². The molecule has 1 N–H and O–H groups in total. The summed E-state index contributed by atoms with van der Waals surface area (Å²) in [5.74, 6) is 0.0337. The highest BCUT2D eigenvalue weighted by Gasteiger charge is 2.19. The van der Waals surface area contributed by atoms with Gasteiger partial charge in [0.15, 0.2) is 0 Å². The Balaban J connectivity index is 1.79. The van der Waals surface area contributed by atoms with E-state index in [4.69, 9.17) is 28.3 Å². The smallest absolute Gasteiger partial charge is 0.307 e. The van der Waals surface area contributed by atoms with Crippen molar-refractivity contribution in [3.8, 4) is 11.1 Å². The highest BCUT2D eigenvalue weighted by molar-refractivity contribution is 6.42. The average Bonchev–Trinajstić information content (AvgIpc) is 2.69. The molecule has 28 heavy (non-hydrogen) atoms. The maximum atomic E-state index is 11.0. The molecule has 0 saturated heterocycles. The van der Waals surface area contributed by atoms with E-state index >= 15 is 0 Å². The predicted octanol–water partition coefficient (Wildman–Crippen LogP) is 5.21. The van der Waals surface area contributed by atoms with Gasteiger partial charge < -0.3 is 10.0 Å². The second-order valence-corrected chi connectivity index (χ2v) is 7.47. The Morgan fingerprint density at radius 2 is 2.00 bits per heavy atom. The molecular formula is C21H17Cl2N3O2. The lowest BCUT2D eigenvalue weighted by Gasteiger charge is -2.28. The van der Waals surface area contributed by atoms with E-state index in [0.717, 1.165) is 33.4 Å². The van der Waals surface area contributed by atoms with E-state index in [9.17, 15) is 4.79 Å². The number of carbonyl (C=O) groups is 1. The number of nitrogens with zero attached hydrogens (tertiary/aromatic N) is 3. The molecule has 1 aliphatic heterocycles. The van der Waals surface area contributed by atoms with Crippen molar-refractivity contribution in [2.24, 2.45) is 0 Å². The first-order chi connectivity index (χ1) is 13.5. The van der Waals surface area contributed by atoms with Crippen LogP contribution in [-0.2, 0) is 4.79 Å². The van der Waals surface area contributed by atoms with Gasteiger partial charge in [-0.05, 0) is 35.7 Å². The zero-order valence-electron chi connectivity index (χ0n) is 14.9. The van der Waals surface area contributed by atoms with Gasteiger partial charge in [0, 0.05) is 13.1 Å². The van der Waals surface area contributed by atoms with Crippen molar-refractivity contribution >= 4 is 45.9 Å². The van der Waals surface area contributed by atoms with Gasteiger partial charge in [0.2, 0.25) is 0 Å². The monoisotopic (exact) mass is 413 g/mol. The van der Waals surface area contributed by atoms with Gasteiger partial charge in [0.25, 0.3) is 0 Å². The van der Waals surface area contributed by atoms with Crippen LogP contribution in [0.3, 0.4) is 0 Å². The van der Waals surface area contributed by atoms with E-state index in [1.54, 1.807) is 12.4 Å². The Hall–Kier alpha value is -2.63. The van der Waals surface area contributed by atoms with Crippen molar-refractivity contribution < 1.29 is 9.90 Å². The van der Waals surface area contributed by atoms with E-state index in [-0.39, 0.29) is 6.42 Å². The molecule has 0 unspecified atom stereocenters. The number of benzene rings is 2. The molecule has 142 valence electrons. The van der Waals surface area contributed by atoms with E-state index in [1.807, 2.05) is 36.4 Å². The van der Waals surface area contributed by atoms with Gasteiger partial charge in [-0.15, -0.1) is 0 Å². The molecule has 4 rings (SSSR count). The van der Waals surface area contributed by atoms with Crippen LogP contribution in [0, 0.1) is 0 Å². The molecule has 2 aromatic carbocycles. The molecule has 5 nitrogen and oxygen atoms in total. The number of carboxylic acids is 1. The Bertz CT molecular complexity index is 1090. The number of aromatic nitrogens is 2. The molecule has 0 aliphatic carbocycles. The fourth-order valence-electron chi connectivity index (χ4n) is 3.50. The summed E-state index contributed by atoms with van der Waals surface area (Å²) in [6.07, 6.45) is 4.33. The van der Waals surface area contributed by atoms with Crippen LogP contribution in [0.1, 0.15) is 12.8 Å². The van der Waals surface area contributed by atoms with Crippen molar-refractivity contribution in [2.45, 2.75) is 12.8 Å². The first-order valence-electron chi connectivity index (χ1n) is 8.87. The average molecular weight is 414 g/mol. The van der Waals surface area contributed by atoms with Gasteiger partial charge in [0.1, 0.15) is 12.1 Å². The van der Waals surface area contributed by atoms with Crippen LogP contribution in [-0.4, -0.2) is 34.1 Å². The summed E-state index contributed by atoms with van der Waals surface area (Å²) in [7, 11) is 0. The minimum atomic E-state index is -0.797. The lowest BCUT2D eigenvalue weighted by atomic mass is 9.99. The minimum absolute atomic E-state index is 0.0902. The third-order valence-corrected chi connectivity index (χ3v) is 5.59. The molecule has 0 amide bonds. The molecule has 0 atom stereocenters. The molecule has 1 aliphatic rings. The van der Waals surface area contributed by atoms with Crippen LogP contribution in [0.5, 0.6) is 0 Å². The normalized spacial score (nSPS) is 14.2. The summed E-state index contributed by atoms with van der Waals surface area (Å²) in [4.78, 5) is 22.1. The SMILES string of the molecule is O=C(O)CC1=CCN(c2ncnc3cccc(-c4ccc(Cl)c(Cl)c4)c23)CC1. The molecule has 0 bridgehead atoms. The van der Waals surface area contributed by atoms with Crippen molar-refractivity contribution in [2.75, 3.05) is 18.0 Å². The highest BCUT2D eigenvalue weighted by atomic mass is 35.5. The van der Waals surface area contributed by atoms with Gasteiger partial charge in [-0.2, -0.15) is 0 Å².